The van der Waals surface area contributed by atoms with Gasteiger partial charge in [0.1, 0.15) is 6.04 Å². The number of piperazine rings is 1. The van der Waals surface area contributed by atoms with Gasteiger partial charge in [0.05, 0.1) is 6.54 Å². The third kappa shape index (κ3) is 5.59. The number of halogens is 1. The molecule has 3 N–H and O–H groups in total. The molecule has 0 aromatic heterocycles. The third-order valence-corrected chi connectivity index (χ3v) is 5.02. The summed E-state index contributed by atoms with van der Waals surface area (Å²) in [7, 11) is 0. The average molecular weight is 410 g/mol. The van der Waals surface area contributed by atoms with Crippen molar-refractivity contribution in [2.24, 2.45) is 0 Å². The number of nitrogens with zero attached hydrogens (tertiary/aromatic N) is 2. The Kier molecular flexibility index (Phi) is 8.07. The average Bonchev–Trinajstić information content (AvgIpc) is 2.68. The van der Waals surface area contributed by atoms with Gasteiger partial charge in [0.2, 0.25) is 11.8 Å². The molecule has 0 radical (unpaired) electrons. The number of carbonyl (C=O) groups is 3. The van der Waals surface area contributed by atoms with Crippen molar-refractivity contribution in [2.75, 3.05) is 38.0 Å². The number of anilines is 1. The van der Waals surface area contributed by atoms with Crippen LogP contribution in [-0.2, 0) is 9.59 Å². The molecule has 1 aromatic rings. The molecule has 2 unspecified atom stereocenters. The van der Waals surface area contributed by atoms with Crippen LogP contribution in [0.1, 0.15) is 19.8 Å². The minimum absolute atomic E-state index is 0. The van der Waals surface area contributed by atoms with E-state index in [2.05, 4.69) is 16.0 Å². The van der Waals surface area contributed by atoms with Crippen LogP contribution in [0, 0.1) is 0 Å². The van der Waals surface area contributed by atoms with E-state index in [1.54, 1.807) is 24.0 Å². The second kappa shape index (κ2) is 10.3. The predicted octanol–water partition coefficient (Wildman–Crippen LogP) is 1.04. The van der Waals surface area contributed by atoms with Crippen LogP contribution in [0.5, 0.6) is 0 Å². The maximum atomic E-state index is 12.8. The Hall–Kier alpha value is -2.32. The van der Waals surface area contributed by atoms with Gasteiger partial charge in [-0.1, -0.05) is 18.2 Å². The van der Waals surface area contributed by atoms with E-state index in [1.165, 1.54) is 0 Å². The summed E-state index contributed by atoms with van der Waals surface area (Å²) in [4.78, 5) is 40.6. The van der Waals surface area contributed by atoms with Crippen LogP contribution in [-0.4, -0.2) is 72.5 Å². The zero-order chi connectivity index (χ0) is 19.2. The normalized spacial score (nSPS) is 20.8. The van der Waals surface area contributed by atoms with E-state index in [9.17, 15) is 14.4 Å². The van der Waals surface area contributed by atoms with E-state index in [0.717, 1.165) is 19.4 Å². The number of likely N-dealkylation sites (tertiary alicyclic amines) is 1. The fourth-order valence-corrected chi connectivity index (χ4v) is 3.64. The van der Waals surface area contributed by atoms with E-state index < -0.39 is 12.1 Å². The largest absolute Gasteiger partial charge is 0.339 e. The molecular weight excluding hydrogens is 382 g/mol. The Morgan fingerprint density at radius 2 is 1.96 bits per heavy atom. The third-order valence-electron chi connectivity index (χ3n) is 5.02. The Morgan fingerprint density at radius 3 is 2.68 bits per heavy atom. The van der Waals surface area contributed by atoms with Gasteiger partial charge < -0.3 is 25.8 Å². The molecular formula is C19H28ClN5O3. The summed E-state index contributed by atoms with van der Waals surface area (Å²) in [5.41, 5.74) is 0.671. The van der Waals surface area contributed by atoms with Crippen molar-refractivity contribution in [2.45, 2.75) is 31.8 Å². The van der Waals surface area contributed by atoms with Gasteiger partial charge in [-0.15, -0.1) is 12.4 Å². The first kappa shape index (κ1) is 22.0. The Balaban J connectivity index is 0.00000280. The molecule has 28 heavy (non-hydrogen) atoms. The van der Waals surface area contributed by atoms with E-state index >= 15 is 0 Å². The Bertz CT molecular complexity index is 687. The quantitative estimate of drug-likeness (QED) is 0.692. The van der Waals surface area contributed by atoms with Crippen molar-refractivity contribution in [1.29, 1.82) is 0 Å². The minimum atomic E-state index is -0.633. The van der Waals surface area contributed by atoms with Crippen molar-refractivity contribution in [3.05, 3.63) is 30.3 Å². The number of amides is 4. The summed E-state index contributed by atoms with van der Waals surface area (Å²) in [6.45, 7) is 4.69. The molecule has 8 nitrogen and oxygen atoms in total. The second-order valence-electron chi connectivity index (χ2n) is 7.03. The first-order chi connectivity index (χ1) is 13.0. The Morgan fingerprint density at radius 1 is 1.21 bits per heavy atom. The molecule has 2 atom stereocenters. The summed E-state index contributed by atoms with van der Waals surface area (Å²) in [6.07, 6.45) is 1.77. The van der Waals surface area contributed by atoms with Crippen LogP contribution in [0.3, 0.4) is 0 Å². The number of piperidine rings is 1. The van der Waals surface area contributed by atoms with Gasteiger partial charge in [-0.25, -0.2) is 4.79 Å². The maximum Gasteiger partial charge on any atom is 0.319 e. The van der Waals surface area contributed by atoms with Gasteiger partial charge in [0.25, 0.3) is 0 Å². The van der Waals surface area contributed by atoms with E-state index in [-0.39, 0.29) is 30.3 Å². The van der Waals surface area contributed by atoms with Crippen LogP contribution < -0.4 is 16.0 Å². The van der Waals surface area contributed by atoms with Crippen LogP contribution in [0.4, 0.5) is 10.5 Å². The van der Waals surface area contributed by atoms with Gasteiger partial charge in [-0.2, -0.15) is 0 Å². The number of urea groups is 1. The van der Waals surface area contributed by atoms with Crippen LogP contribution >= 0.6 is 12.4 Å². The van der Waals surface area contributed by atoms with Gasteiger partial charge in [-0.3, -0.25) is 9.59 Å². The molecule has 0 spiro atoms. The summed E-state index contributed by atoms with van der Waals surface area (Å²) >= 11 is 0. The van der Waals surface area contributed by atoms with Gasteiger partial charge >= 0.3 is 6.03 Å². The van der Waals surface area contributed by atoms with Gasteiger partial charge in [-0.05, 0) is 31.9 Å². The summed E-state index contributed by atoms with van der Waals surface area (Å²) in [6, 6.07) is 8.11. The smallest absolute Gasteiger partial charge is 0.319 e. The fourth-order valence-electron chi connectivity index (χ4n) is 3.64. The number of rotatable bonds is 4. The number of carbonyl (C=O) groups excluding carboxylic acids is 3. The molecule has 0 bridgehead atoms. The molecule has 3 rings (SSSR count). The number of benzene rings is 1. The molecule has 0 aliphatic carbocycles. The van der Waals surface area contributed by atoms with Crippen molar-refractivity contribution in [1.82, 2.24) is 20.4 Å². The minimum Gasteiger partial charge on any atom is -0.339 e. The molecule has 9 heteroatoms. The summed E-state index contributed by atoms with van der Waals surface area (Å²) in [5.74, 6) is -0.0283. The first-order valence-corrected chi connectivity index (χ1v) is 9.46. The van der Waals surface area contributed by atoms with Crippen molar-refractivity contribution in [3.63, 3.8) is 0 Å². The van der Waals surface area contributed by atoms with E-state index in [1.807, 2.05) is 23.1 Å². The summed E-state index contributed by atoms with van der Waals surface area (Å²) in [5, 5.41) is 8.48. The first-order valence-electron chi connectivity index (χ1n) is 9.46. The molecule has 2 fully saturated rings. The highest BCUT2D eigenvalue weighted by atomic mass is 35.5. The summed E-state index contributed by atoms with van der Waals surface area (Å²) < 4.78 is 0. The lowest BCUT2D eigenvalue weighted by Crippen LogP contribution is -2.59. The Labute approximate surface area is 171 Å². The number of para-hydroxylation sites is 1. The fraction of sp³-hybridized carbons (Fsp3) is 0.526. The monoisotopic (exact) mass is 409 g/mol. The zero-order valence-electron chi connectivity index (χ0n) is 16.0. The number of nitrogens with one attached hydrogen (secondary N) is 3. The highest BCUT2D eigenvalue weighted by Gasteiger charge is 2.33. The zero-order valence-corrected chi connectivity index (χ0v) is 16.8. The molecule has 2 aliphatic rings. The molecule has 2 heterocycles. The van der Waals surface area contributed by atoms with E-state index in [4.69, 9.17) is 0 Å². The molecule has 2 saturated heterocycles. The van der Waals surface area contributed by atoms with Gasteiger partial charge in [0, 0.05) is 37.9 Å². The lowest BCUT2D eigenvalue weighted by molar-refractivity contribution is -0.141. The number of hydrogen-bond donors (Lipinski definition) is 3. The van der Waals surface area contributed by atoms with Gasteiger partial charge in [0.15, 0.2) is 0 Å². The topological polar surface area (TPSA) is 93.8 Å². The van der Waals surface area contributed by atoms with Crippen LogP contribution in [0.2, 0.25) is 0 Å². The lowest BCUT2D eigenvalue weighted by Gasteiger charge is -2.41. The van der Waals surface area contributed by atoms with Crippen molar-refractivity contribution in [3.8, 4) is 0 Å². The van der Waals surface area contributed by atoms with Crippen LogP contribution in [0.15, 0.2) is 30.3 Å². The maximum absolute atomic E-state index is 12.8. The molecule has 0 saturated carbocycles. The standard InChI is InChI=1S/C19H27N5O3.ClH/c1-14(21-19(27)22-15-6-3-2-4-7-15)18(26)23-10-5-8-16(13-23)24-11-9-20-12-17(24)25;/h2-4,6-7,14,16,20H,5,8-13H2,1H3,(H2,21,22,27);1H. The molecule has 154 valence electrons. The van der Waals surface area contributed by atoms with Crippen LogP contribution in [0.25, 0.3) is 0 Å². The number of hydrogen-bond acceptors (Lipinski definition) is 4. The molecule has 4 amide bonds. The highest BCUT2D eigenvalue weighted by Crippen LogP contribution is 2.18. The molecule has 1 aromatic carbocycles. The SMILES string of the molecule is CC(NC(=O)Nc1ccccc1)C(=O)N1CCCC(N2CCNCC2=O)C1.Cl. The predicted molar refractivity (Wildman–Crippen MR) is 109 cm³/mol. The molecule has 2 aliphatic heterocycles. The van der Waals surface area contributed by atoms with E-state index in [0.29, 0.717) is 31.9 Å². The van der Waals surface area contributed by atoms with Crippen molar-refractivity contribution < 1.29 is 14.4 Å². The van der Waals surface area contributed by atoms with Crippen molar-refractivity contribution >= 4 is 35.9 Å². The highest BCUT2D eigenvalue weighted by molar-refractivity contribution is 5.93. The second-order valence-corrected chi connectivity index (χ2v) is 7.03. The lowest BCUT2D eigenvalue weighted by atomic mass is 10.0.